The van der Waals surface area contributed by atoms with Crippen molar-refractivity contribution in [2.75, 3.05) is 5.32 Å². The molecule has 0 bridgehead atoms. The van der Waals surface area contributed by atoms with Crippen LogP contribution >= 0.6 is 0 Å². The second kappa shape index (κ2) is 12.9. The molecule has 252 valence electrons. The van der Waals surface area contributed by atoms with Crippen LogP contribution in [0.2, 0.25) is 18.1 Å². The maximum absolute atomic E-state index is 12.3. The van der Waals surface area contributed by atoms with Gasteiger partial charge in [-0.05, 0) is 118 Å². The molecule has 2 aliphatic carbocycles. The first kappa shape index (κ1) is 35.3. The maximum atomic E-state index is 12.3. The van der Waals surface area contributed by atoms with Gasteiger partial charge in [-0.3, -0.25) is 0 Å². The molecule has 2 aromatic heterocycles. The Morgan fingerprint density at radius 1 is 1.09 bits per heavy atom. The molecule has 2 heterocycles. The maximum Gasteiger partial charge on any atom is 0.408 e. The minimum atomic E-state index is -1.81. The predicted octanol–water partition coefficient (Wildman–Crippen LogP) is 9.04. The summed E-state index contributed by atoms with van der Waals surface area (Å²) in [7, 11) is -1.81. The van der Waals surface area contributed by atoms with Crippen LogP contribution in [0.25, 0.3) is 0 Å². The first-order valence-corrected chi connectivity index (χ1v) is 19.7. The van der Waals surface area contributed by atoms with Gasteiger partial charge in [0, 0.05) is 41.6 Å². The van der Waals surface area contributed by atoms with Crippen LogP contribution in [-0.2, 0) is 14.7 Å². The van der Waals surface area contributed by atoms with Crippen molar-refractivity contribution in [2.45, 2.75) is 167 Å². The number of aromatic nitrogens is 3. The molecule has 45 heavy (non-hydrogen) atoms. The minimum Gasteiger partial charge on any atom is -0.475 e. The lowest BCUT2D eigenvalue weighted by Gasteiger charge is -2.38. The van der Waals surface area contributed by atoms with Crippen molar-refractivity contribution >= 4 is 25.9 Å². The average molecular weight is 642 g/mol. The highest BCUT2D eigenvalue weighted by Crippen LogP contribution is 2.43. The van der Waals surface area contributed by atoms with E-state index in [0.29, 0.717) is 17.9 Å². The van der Waals surface area contributed by atoms with E-state index in [1.54, 1.807) is 6.20 Å². The number of ether oxygens (including phenoxy) is 2. The van der Waals surface area contributed by atoms with E-state index in [9.17, 15) is 4.79 Å². The van der Waals surface area contributed by atoms with E-state index in [1.807, 2.05) is 32.9 Å². The Hall–Kier alpha value is -2.59. The van der Waals surface area contributed by atoms with Crippen molar-refractivity contribution in [2.24, 2.45) is 0 Å². The van der Waals surface area contributed by atoms with Gasteiger partial charge < -0.3 is 24.5 Å². The summed E-state index contributed by atoms with van der Waals surface area (Å²) < 4.78 is 20.6. The summed E-state index contributed by atoms with van der Waals surface area (Å²) in [6.45, 7) is 25.8. The van der Waals surface area contributed by atoms with Gasteiger partial charge in [-0.25, -0.2) is 14.5 Å². The lowest BCUT2D eigenvalue weighted by Crippen LogP contribution is -2.43. The third kappa shape index (κ3) is 9.70. The molecule has 9 nitrogen and oxygen atoms in total. The first-order chi connectivity index (χ1) is 20.6. The highest BCUT2D eigenvalue weighted by atomic mass is 28.4. The molecular formula is C35H59N5O4Si. The van der Waals surface area contributed by atoms with E-state index < -0.39 is 13.9 Å². The van der Waals surface area contributed by atoms with Crippen LogP contribution in [0.3, 0.4) is 0 Å². The van der Waals surface area contributed by atoms with Gasteiger partial charge in [-0.1, -0.05) is 20.8 Å². The van der Waals surface area contributed by atoms with Crippen molar-refractivity contribution in [3.63, 3.8) is 0 Å². The second-order valence-corrected chi connectivity index (χ2v) is 21.7. The van der Waals surface area contributed by atoms with Crippen molar-refractivity contribution in [1.29, 1.82) is 0 Å². The van der Waals surface area contributed by atoms with E-state index >= 15 is 0 Å². The molecule has 0 radical (unpaired) electrons. The third-order valence-corrected chi connectivity index (χ3v) is 13.9. The van der Waals surface area contributed by atoms with Gasteiger partial charge in [0.05, 0.1) is 17.3 Å². The van der Waals surface area contributed by atoms with Gasteiger partial charge in [0.1, 0.15) is 11.4 Å². The molecule has 0 spiro atoms. The number of hydrogen-bond acceptors (Lipinski definition) is 7. The number of anilines is 2. The number of hydrogen-bond donors (Lipinski definition) is 2. The summed E-state index contributed by atoms with van der Waals surface area (Å²) in [5, 5.41) is 12.0. The number of carbonyl (C=O) groups excluding carboxylic acids is 1. The summed E-state index contributed by atoms with van der Waals surface area (Å²) >= 11 is 0. The molecule has 3 atom stereocenters. The first-order valence-electron chi connectivity index (χ1n) is 16.8. The fourth-order valence-electron chi connectivity index (χ4n) is 5.66. The van der Waals surface area contributed by atoms with Gasteiger partial charge in [-0.15, -0.1) is 0 Å². The fraction of sp³-hybridized carbons (Fsp3) is 0.743. The number of pyridine rings is 1. The predicted molar refractivity (Wildman–Crippen MR) is 184 cm³/mol. The smallest absolute Gasteiger partial charge is 0.408 e. The van der Waals surface area contributed by atoms with Crippen LogP contribution in [-0.4, -0.2) is 52.5 Å². The van der Waals surface area contributed by atoms with Crippen LogP contribution in [0.5, 0.6) is 5.88 Å². The Bertz CT molecular complexity index is 1320. The molecule has 1 unspecified atom stereocenters. The molecule has 10 heteroatoms. The Morgan fingerprint density at radius 3 is 2.38 bits per heavy atom. The molecule has 2 aliphatic rings. The summed E-state index contributed by atoms with van der Waals surface area (Å²) in [6, 6.07) is 6.11. The molecule has 2 saturated carbocycles. The molecule has 2 aromatic rings. The highest BCUT2D eigenvalue weighted by molar-refractivity contribution is 6.74. The van der Waals surface area contributed by atoms with Gasteiger partial charge in [0.15, 0.2) is 8.32 Å². The van der Waals surface area contributed by atoms with Crippen LogP contribution < -0.4 is 15.4 Å². The Morgan fingerprint density at radius 2 is 1.78 bits per heavy atom. The average Bonchev–Trinajstić information content (AvgIpc) is 3.25. The van der Waals surface area contributed by atoms with Gasteiger partial charge in [0.2, 0.25) is 5.88 Å². The van der Waals surface area contributed by atoms with E-state index in [1.165, 1.54) is 0 Å². The molecule has 0 aromatic carbocycles. The van der Waals surface area contributed by atoms with Crippen LogP contribution in [0.15, 0.2) is 24.4 Å². The Labute approximate surface area is 272 Å². The van der Waals surface area contributed by atoms with E-state index in [-0.39, 0.29) is 28.3 Å². The summed E-state index contributed by atoms with van der Waals surface area (Å²) in [5.74, 6) is 1.92. The van der Waals surface area contributed by atoms with E-state index in [2.05, 4.69) is 87.9 Å². The van der Waals surface area contributed by atoms with Crippen molar-refractivity contribution in [3.8, 4) is 5.88 Å². The van der Waals surface area contributed by atoms with Crippen molar-refractivity contribution in [1.82, 2.24) is 20.1 Å². The second-order valence-electron chi connectivity index (χ2n) is 16.9. The molecule has 2 N–H and O–H groups in total. The van der Waals surface area contributed by atoms with E-state index in [0.717, 1.165) is 62.1 Å². The van der Waals surface area contributed by atoms with Crippen molar-refractivity contribution < 1.29 is 18.7 Å². The van der Waals surface area contributed by atoms with Gasteiger partial charge in [-0.2, -0.15) is 5.10 Å². The summed E-state index contributed by atoms with van der Waals surface area (Å²) in [5.41, 5.74) is 1.15. The summed E-state index contributed by atoms with van der Waals surface area (Å²) in [6.07, 6.45) is 8.44. The van der Waals surface area contributed by atoms with E-state index in [4.69, 9.17) is 19.0 Å². The minimum absolute atomic E-state index is 0.0544. The molecular weight excluding hydrogens is 583 g/mol. The standard InChI is InChI=1S/C35H59N5O4Si/c1-24(15-17-35(18-19-35)38-31(41)43-33(5,6)7)42-30-22-26(16-20-36-30)37-29-23-28(39-40(29)32(2,3)4)25-13-14-27(21-25)44-45(11,12)34(8,9)10/h16,20,22-25,27H,13-15,17-19,21H2,1-12H3,(H,36,37)(H,38,41)/t24?,25-,27+/m0/s1. The quantitative estimate of drug-likeness (QED) is 0.236. The Balaban J connectivity index is 1.37. The SMILES string of the molecule is CC(CCC1(NC(=O)OC(C)(C)C)CC1)Oc1cc(Nc2cc([C@H]3CC[C@@H](O[Si](C)(C)C(C)(C)C)C3)nn2C(C)(C)C)ccn1. The van der Waals surface area contributed by atoms with Crippen LogP contribution in [0.1, 0.15) is 126 Å². The monoisotopic (exact) mass is 641 g/mol. The molecule has 2 fully saturated rings. The number of carbonyl (C=O) groups is 1. The lowest BCUT2D eigenvalue weighted by molar-refractivity contribution is 0.0488. The number of rotatable bonds is 11. The number of nitrogens with one attached hydrogen (secondary N) is 2. The number of alkyl carbamates (subject to hydrolysis) is 1. The third-order valence-electron chi connectivity index (χ3n) is 9.41. The molecule has 0 saturated heterocycles. The van der Waals surface area contributed by atoms with Crippen molar-refractivity contribution in [3.05, 3.63) is 30.1 Å². The number of nitrogens with zero attached hydrogens (tertiary/aromatic N) is 3. The normalized spacial score (nSPS) is 20.9. The topological polar surface area (TPSA) is 99.5 Å². The fourth-order valence-corrected chi connectivity index (χ4v) is 7.06. The molecule has 1 amide bonds. The van der Waals surface area contributed by atoms with Crippen LogP contribution in [0.4, 0.5) is 16.3 Å². The summed E-state index contributed by atoms with van der Waals surface area (Å²) in [4.78, 5) is 16.8. The van der Waals surface area contributed by atoms with Gasteiger partial charge in [0.25, 0.3) is 0 Å². The number of amides is 1. The molecule has 0 aliphatic heterocycles. The van der Waals surface area contributed by atoms with Gasteiger partial charge >= 0.3 is 6.09 Å². The Kier molecular flexibility index (Phi) is 10.1. The highest BCUT2D eigenvalue weighted by Gasteiger charge is 2.45. The van der Waals surface area contributed by atoms with Crippen LogP contribution in [0, 0.1) is 0 Å². The zero-order chi connectivity index (χ0) is 33.4. The molecule has 4 rings (SSSR count). The largest absolute Gasteiger partial charge is 0.475 e. The zero-order valence-corrected chi connectivity index (χ0v) is 31.0. The lowest BCUT2D eigenvalue weighted by atomic mass is 10.0. The zero-order valence-electron chi connectivity index (χ0n) is 30.0.